The summed E-state index contributed by atoms with van der Waals surface area (Å²) in [6.45, 7) is 0.126. The number of imide groups is 1. The van der Waals surface area contributed by atoms with Crippen LogP contribution in [0.1, 0.15) is 36.4 Å². The van der Waals surface area contributed by atoms with Gasteiger partial charge in [0.05, 0.1) is 6.04 Å². The van der Waals surface area contributed by atoms with Gasteiger partial charge >= 0.3 is 0 Å². The summed E-state index contributed by atoms with van der Waals surface area (Å²) in [6.07, 6.45) is 3.93. The van der Waals surface area contributed by atoms with Crippen molar-refractivity contribution in [2.45, 2.75) is 25.3 Å². The normalized spacial score (nSPS) is 15.3. The Morgan fingerprint density at radius 1 is 1.00 bits per heavy atom. The predicted molar refractivity (Wildman–Crippen MR) is 91.2 cm³/mol. The summed E-state index contributed by atoms with van der Waals surface area (Å²) in [6, 6.07) is 13.0. The van der Waals surface area contributed by atoms with Crippen molar-refractivity contribution in [1.82, 2.24) is 15.2 Å². The molecule has 6 heteroatoms. The maximum absolute atomic E-state index is 12.4. The van der Waals surface area contributed by atoms with Gasteiger partial charge in [0.15, 0.2) is 0 Å². The molecule has 0 aliphatic carbocycles. The van der Waals surface area contributed by atoms with E-state index in [-0.39, 0.29) is 49.6 Å². The lowest BCUT2D eigenvalue weighted by molar-refractivity contribution is -0.138. The molecule has 1 unspecified atom stereocenters. The average Bonchev–Trinajstić information content (AvgIpc) is 2.97. The maximum atomic E-state index is 12.4. The van der Waals surface area contributed by atoms with Crippen LogP contribution in [0.4, 0.5) is 0 Å². The molecule has 1 aromatic carbocycles. The highest BCUT2D eigenvalue weighted by molar-refractivity contribution is 6.02. The second-order valence-electron chi connectivity index (χ2n) is 5.88. The van der Waals surface area contributed by atoms with Crippen LogP contribution in [0.3, 0.4) is 0 Å². The third-order valence-corrected chi connectivity index (χ3v) is 4.19. The molecule has 0 radical (unpaired) electrons. The van der Waals surface area contributed by atoms with E-state index in [1.165, 1.54) is 4.90 Å². The van der Waals surface area contributed by atoms with Gasteiger partial charge in [-0.3, -0.25) is 24.3 Å². The third-order valence-electron chi connectivity index (χ3n) is 4.19. The molecule has 2 aromatic rings. The fourth-order valence-electron chi connectivity index (χ4n) is 2.88. The molecule has 3 amide bonds. The second kappa shape index (κ2) is 7.70. The van der Waals surface area contributed by atoms with Gasteiger partial charge in [0.25, 0.3) is 0 Å². The van der Waals surface area contributed by atoms with Crippen molar-refractivity contribution in [2.75, 3.05) is 6.54 Å². The standard InChI is InChI=1S/C19H19N3O3/c23-16(10-13-22-17(24)6-7-18(22)25)21-19(14-4-2-1-3-5-14)15-8-11-20-12-9-15/h1-5,8-9,11-12,19H,6-7,10,13H2,(H,21,23). The molecule has 1 aliphatic heterocycles. The molecule has 1 N–H and O–H groups in total. The van der Waals surface area contributed by atoms with Gasteiger partial charge in [-0.15, -0.1) is 0 Å². The molecular formula is C19H19N3O3. The van der Waals surface area contributed by atoms with Gasteiger partial charge in [-0.25, -0.2) is 0 Å². The quantitative estimate of drug-likeness (QED) is 0.816. The predicted octanol–water partition coefficient (Wildman–Crippen LogP) is 1.83. The van der Waals surface area contributed by atoms with Gasteiger partial charge in [0.1, 0.15) is 0 Å². The summed E-state index contributed by atoms with van der Waals surface area (Å²) in [7, 11) is 0. The van der Waals surface area contributed by atoms with E-state index in [1.807, 2.05) is 42.5 Å². The number of rotatable bonds is 6. The Labute approximate surface area is 145 Å². The van der Waals surface area contributed by atoms with Crippen molar-refractivity contribution in [3.05, 3.63) is 66.0 Å². The number of amides is 3. The summed E-state index contributed by atoms with van der Waals surface area (Å²) in [5.41, 5.74) is 1.87. The van der Waals surface area contributed by atoms with Gasteiger partial charge in [-0.2, -0.15) is 0 Å². The van der Waals surface area contributed by atoms with Crippen molar-refractivity contribution >= 4 is 17.7 Å². The number of likely N-dealkylation sites (tertiary alicyclic amines) is 1. The number of benzene rings is 1. The molecule has 3 rings (SSSR count). The molecule has 1 aromatic heterocycles. The largest absolute Gasteiger partial charge is 0.345 e. The number of pyridine rings is 1. The van der Waals surface area contributed by atoms with Crippen LogP contribution in [-0.2, 0) is 14.4 Å². The summed E-state index contributed by atoms with van der Waals surface area (Å²) in [5, 5.41) is 2.99. The molecule has 1 atom stereocenters. The van der Waals surface area contributed by atoms with Gasteiger partial charge in [-0.05, 0) is 23.3 Å². The van der Waals surface area contributed by atoms with E-state index in [0.29, 0.717) is 0 Å². The van der Waals surface area contributed by atoms with Crippen LogP contribution in [0.25, 0.3) is 0 Å². The number of carbonyl (C=O) groups is 3. The summed E-state index contributed by atoms with van der Waals surface area (Å²) in [4.78, 5) is 40.8. The minimum absolute atomic E-state index is 0.0892. The Kier molecular flexibility index (Phi) is 5.18. The van der Waals surface area contributed by atoms with E-state index in [2.05, 4.69) is 10.3 Å². The number of hydrogen-bond donors (Lipinski definition) is 1. The minimum Gasteiger partial charge on any atom is -0.345 e. The van der Waals surface area contributed by atoms with E-state index in [9.17, 15) is 14.4 Å². The number of nitrogens with one attached hydrogen (secondary N) is 1. The van der Waals surface area contributed by atoms with Crippen LogP contribution in [0.15, 0.2) is 54.9 Å². The van der Waals surface area contributed by atoms with Crippen LogP contribution >= 0.6 is 0 Å². The highest BCUT2D eigenvalue weighted by Gasteiger charge is 2.29. The van der Waals surface area contributed by atoms with E-state index in [0.717, 1.165) is 11.1 Å². The van der Waals surface area contributed by atoms with Gasteiger partial charge in [0.2, 0.25) is 17.7 Å². The molecule has 1 fully saturated rings. The fourth-order valence-corrected chi connectivity index (χ4v) is 2.88. The molecule has 1 aliphatic rings. The molecule has 6 nitrogen and oxygen atoms in total. The van der Waals surface area contributed by atoms with E-state index >= 15 is 0 Å². The van der Waals surface area contributed by atoms with Crippen molar-refractivity contribution in [1.29, 1.82) is 0 Å². The maximum Gasteiger partial charge on any atom is 0.229 e. The lowest BCUT2D eigenvalue weighted by atomic mass is 9.99. The number of nitrogens with zero attached hydrogens (tertiary/aromatic N) is 2. The van der Waals surface area contributed by atoms with Crippen molar-refractivity contribution < 1.29 is 14.4 Å². The Balaban J connectivity index is 1.69. The van der Waals surface area contributed by atoms with Crippen molar-refractivity contribution in [3.8, 4) is 0 Å². The highest BCUT2D eigenvalue weighted by Crippen LogP contribution is 2.21. The molecule has 128 valence electrons. The topological polar surface area (TPSA) is 79.4 Å². The molecule has 0 saturated carbocycles. The zero-order chi connectivity index (χ0) is 17.6. The zero-order valence-electron chi connectivity index (χ0n) is 13.7. The molecular weight excluding hydrogens is 318 g/mol. The van der Waals surface area contributed by atoms with Crippen LogP contribution in [0.5, 0.6) is 0 Å². The first-order valence-electron chi connectivity index (χ1n) is 8.22. The van der Waals surface area contributed by atoms with Gasteiger partial charge in [0, 0.05) is 38.2 Å². The lowest BCUT2D eigenvalue weighted by Gasteiger charge is -2.20. The van der Waals surface area contributed by atoms with E-state index in [1.54, 1.807) is 12.4 Å². The van der Waals surface area contributed by atoms with Gasteiger partial charge < -0.3 is 5.32 Å². The molecule has 0 bridgehead atoms. The van der Waals surface area contributed by atoms with Crippen LogP contribution in [0, 0.1) is 0 Å². The van der Waals surface area contributed by atoms with Gasteiger partial charge in [-0.1, -0.05) is 30.3 Å². The highest BCUT2D eigenvalue weighted by atomic mass is 16.2. The van der Waals surface area contributed by atoms with Crippen molar-refractivity contribution in [3.63, 3.8) is 0 Å². The second-order valence-corrected chi connectivity index (χ2v) is 5.88. The molecule has 25 heavy (non-hydrogen) atoms. The molecule has 1 saturated heterocycles. The number of aromatic nitrogens is 1. The molecule has 2 heterocycles. The Morgan fingerprint density at radius 2 is 1.60 bits per heavy atom. The summed E-state index contributed by atoms with van der Waals surface area (Å²) in [5.74, 6) is -0.615. The number of carbonyl (C=O) groups excluding carboxylic acids is 3. The van der Waals surface area contributed by atoms with Crippen LogP contribution in [-0.4, -0.2) is 34.2 Å². The summed E-state index contributed by atoms with van der Waals surface area (Å²) >= 11 is 0. The Hall–Kier alpha value is -3.02. The van der Waals surface area contributed by atoms with E-state index < -0.39 is 0 Å². The minimum atomic E-state index is -0.304. The fraction of sp³-hybridized carbons (Fsp3) is 0.263. The third kappa shape index (κ3) is 4.09. The Morgan fingerprint density at radius 3 is 2.24 bits per heavy atom. The number of hydrogen-bond acceptors (Lipinski definition) is 4. The SMILES string of the molecule is O=C(CCN1C(=O)CCC1=O)NC(c1ccccc1)c1ccncc1. The lowest BCUT2D eigenvalue weighted by Crippen LogP contribution is -2.35. The van der Waals surface area contributed by atoms with E-state index in [4.69, 9.17) is 0 Å². The van der Waals surface area contributed by atoms with Crippen LogP contribution in [0.2, 0.25) is 0 Å². The average molecular weight is 337 g/mol. The first kappa shape index (κ1) is 16.8. The summed E-state index contributed by atoms with van der Waals surface area (Å²) < 4.78 is 0. The zero-order valence-corrected chi connectivity index (χ0v) is 13.7. The van der Waals surface area contributed by atoms with Crippen LogP contribution < -0.4 is 5.32 Å². The monoisotopic (exact) mass is 337 g/mol. The first-order valence-corrected chi connectivity index (χ1v) is 8.22. The van der Waals surface area contributed by atoms with Crippen molar-refractivity contribution in [2.24, 2.45) is 0 Å². The smallest absolute Gasteiger partial charge is 0.229 e. The Bertz CT molecular complexity index is 706. The molecule has 0 spiro atoms. The first-order chi connectivity index (χ1) is 12.1.